The first kappa shape index (κ1) is 22.6. The van der Waals surface area contributed by atoms with Crippen LogP contribution in [0.2, 0.25) is 0 Å². The molecule has 0 unspecified atom stereocenters. The molecule has 3 aromatic carbocycles. The van der Waals surface area contributed by atoms with E-state index in [2.05, 4.69) is 60.7 Å². The fraction of sp³-hybridized carbons (Fsp3) is 0.148. The van der Waals surface area contributed by atoms with Crippen molar-refractivity contribution in [3.63, 3.8) is 0 Å². The molecule has 0 aliphatic heterocycles. The number of hydrogen-bond donors (Lipinski definition) is 0. The second-order valence-corrected chi connectivity index (χ2v) is 8.93. The average molecular weight is 456 g/mol. The van der Waals surface area contributed by atoms with E-state index in [0.717, 1.165) is 38.8 Å². The van der Waals surface area contributed by atoms with E-state index in [4.69, 9.17) is 0 Å². The molecule has 0 spiro atoms. The first-order chi connectivity index (χ1) is 15.9. The predicted molar refractivity (Wildman–Crippen MR) is 136 cm³/mol. The number of nitro benzene ring substituents is 1. The molecule has 4 rings (SSSR count). The van der Waals surface area contributed by atoms with Crippen LogP contribution in [0.25, 0.3) is 5.69 Å². The number of non-ortho nitro benzene ring substituents is 1. The summed E-state index contributed by atoms with van der Waals surface area (Å²) in [6.45, 7) is 6.39. The van der Waals surface area contributed by atoms with Crippen LogP contribution in [0.3, 0.4) is 0 Å². The molecule has 6 heteroatoms. The molecule has 33 heavy (non-hydrogen) atoms. The normalized spacial score (nSPS) is 11.2. The highest BCUT2D eigenvalue weighted by Crippen LogP contribution is 2.30. The standard InChI is InChI=1S/C27H25N3O2S/c1-4-21-5-9-24(10-6-21)29-19(2)17-22(20(29)3)18-28-23-7-13-26(14-8-23)33-27-15-11-25(12-16-27)30(31)32/h5-18H,4H2,1-3H3. The van der Waals surface area contributed by atoms with Gasteiger partial charge >= 0.3 is 0 Å². The number of rotatable bonds is 7. The van der Waals surface area contributed by atoms with Crippen molar-refractivity contribution >= 4 is 29.4 Å². The van der Waals surface area contributed by atoms with E-state index in [9.17, 15) is 10.1 Å². The third-order valence-corrected chi connectivity index (χ3v) is 6.56. The summed E-state index contributed by atoms with van der Waals surface area (Å²) in [5.74, 6) is 0. The van der Waals surface area contributed by atoms with Crippen molar-refractivity contribution in [2.45, 2.75) is 37.0 Å². The van der Waals surface area contributed by atoms with Gasteiger partial charge in [0.2, 0.25) is 0 Å². The number of hydrogen-bond acceptors (Lipinski definition) is 4. The van der Waals surface area contributed by atoms with Crippen molar-refractivity contribution in [2.24, 2.45) is 4.99 Å². The predicted octanol–water partition coefficient (Wildman–Crippen LogP) is 7.47. The fourth-order valence-electron chi connectivity index (χ4n) is 3.71. The van der Waals surface area contributed by atoms with E-state index in [-0.39, 0.29) is 10.6 Å². The van der Waals surface area contributed by atoms with Gasteiger partial charge in [0.25, 0.3) is 5.69 Å². The molecular formula is C27H25N3O2S. The van der Waals surface area contributed by atoms with Crippen LogP contribution in [0.4, 0.5) is 11.4 Å². The van der Waals surface area contributed by atoms with Crippen molar-refractivity contribution in [1.82, 2.24) is 4.57 Å². The van der Waals surface area contributed by atoms with Crippen LogP contribution in [-0.4, -0.2) is 15.7 Å². The van der Waals surface area contributed by atoms with Crippen molar-refractivity contribution in [2.75, 3.05) is 0 Å². The van der Waals surface area contributed by atoms with Gasteiger partial charge in [-0.3, -0.25) is 15.1 Å². The highest BCUT2D eigenvalue weighted by Gasteiger charge is 2.09. The smallest absolute Gasteiger partial charge is 0.269 e. The highest BCUT2D eigenvalue weighted by molar-refractivity contribution is 7.99. The van der Waals surface area contributed by atoms with Crippen LogP contribution < -0.4 is 0 Å². The Labute approximate surface area is 198 Å². The van der Waals surface area contributed by atoms with Gasteiger partial charge in [-0.25, -0.2) is 0 Å². The molecule has 0 aliphatic rings. The third-order valence-electron chi connectivity index (χ3n) is 5.55. The topological polar surface area (TPSA) is 60.4 Å². The van der Waals surface area contributed by atoms with Crippen molar-refractivity contribution in [3.8, 4) is 5.69 Å². The molecule has 4 aromatic rings. The van der Waals surface area contributed by atoms with E-state index in [1.165, 1.54) is 23.4 Å². The maximum atomic E-state index is 10.8. The Bertz CT molecular complexity index is 1290. The second-order valence-electron chi connectivity index (χ2n) is 7.79. The molecule has 0 radical (unpaired) electrons. The molecule has 0 bridgehead atoms. The molecule has 1 heterocycles. The summed E-state index contributed by atoms with van der Waals surface area (Å²) in [7, 11) is 0. The molecule has 5 nitrogen and oxygen atoms in total. The van der Waals surface area contributed by atoms with E-state index in [0.29, 0.717) is 0 Å². The Balaban J connectivity index is 1.47. The fourth-order valence-corrected chi connectivity index (χ4v) is 4.53. The summed E-state index contributed by atoms with van der Waals surface area (Å²) < 4.78 is 2.25. The van der Waals surface area contributed by atoms with Gasteiger partial charge in [-0.1, -0.05) is 30.8 Å². The van der Waals surface area contributed by atoms with E-state index < -0.39 is 0 Å². The van der Waals surface area contributed by atoms with Crippen molar-refractivity contribution in [3.05, 3.63) is 111 Å². The molecular weight excluding hydrogens is 430 g/mol. The minimum absolute atomic E-state index is 0.0985. The average Bonchev–Trinajstić information content (AvgIpc) is 3.12. The summed E-state index contributed by atoms with van der Waals surface area (Å²) >= 11 is 1.56. The minimum atomic E-state index is -0.388. The molecule has 166 valence electrons. The van der Waals surface area contributed by atoms with Gasteiger partial charge in [-0.05, 0) is 80.4 Å². The maximum absolute atomic E-state index is 10.8. The van der Waals surface area contributed by atoms with Crippen LogP contribution in [0.15, 0.2) is 93.6 Å². The number of aliphatic imine (C=N–C) groups is 1. The SMILES string of the molecule is CCc1ccc(-n2c(C)cc(C=Nc3ccc(Sc4ccc([N+](=O)[O-])cc4)cc3)c2C)cc1. The van der Waals surface area contributed by atoms with Gasteiger partial charge in [0.1, 0.15) is 0 Å². The second kappa shape index (κ2) is 9.88. The Morgan fingerprint density at radius 1 is 0.939 bits per heavy atom. The van der Waals surface area contributed by atoms with Gasteiger partial charge in [-0.2, -0.15) is 0 Å². The molecule has 0 atom stereocenters. The Hall–Kier alpha value is -3.64. The first-order valence-electron chi connectivity index (χ1n) is 10.8. The van der Waals surface area contributed by atoms with E-state index in [1.54, 1.807) is 23.9 Å². The zero-order chi connectivity index (χ0) is 23.4. The van der Waals surface area contributed by atoms with Crippen LogP contribution in [0, 0.1) is 24.0 Å². The zero-order valence-electron chi connectivity index (χ0n) is 18.9. The van der Waals surface area contributed by atoms with E-state index in [1.807, 2.05) is 30.5 Å². The molecule has 0 aliphatic carbocycles. The highest BCUT2D eigenvalue weighted by atomic mass is 32.2. The molecule has 0 N–H and O–H groups in total. The number of nitrogens with zero attached hydrogens (tertiary/aromatic N) is 3. The summed E-state index contributed by atoms with van der Waals surface area (Å²) in [6.07, 6.45) is 2.95. The van der Waals surface area contributed by atoms with Crippen molar-refractivity contribution in [1.29, 1.82) is 0 Å². The lowest BCUT2D eigenvalue weighted by Gasteiger charge is -2.10. The monoisotopic (exact) mass is 455 g/mol. The summed E-state index contributed by atoms with van der Waals surface area (Å²) in [6, 6.07) is 25.4. The van der Waals surface area contributed by atoms with Crippen LogP contribution in [-0.2, 0) is 6.42 Å². The van der Waals surface area contributed by atoms with Crippen LogP contribution >= 0.6 is 11.8 Å². The van der Waals surface area contributed by atoms with Gasteiger partial charge < -0.3 is 4.57 Å². The number of benzene rings is 3. The number of nitro groups is 1. The summed E-state index contributed by atoms with van der Waals surface area (Å²) in [4.78, 5) is 17.1. The molecule has 0 amide bonds. The Kier molecular flexibility index (Phi) is 6.75. The zero-order valence-corrected chi connectivity index (χ0v) is 19.7. The Morgan fingerprint density at radius 3 is 2.12 bits per heavy atom. The Morgan fingerprint density at radius 2 is 1.55 bits per heavy atom. The number of aryl methyl sites for hydroxylation is 2. The summed E-state index contributed by atoms with van der Waals surface area (Å²) in [5, 5.41) is 10.8. The summed E-state index contributed by atoms with van der Waals surface area (Å²) in [5.41, 5.74) is 6.89. The van der Waals surface area contributed by atoms with Gasteiger partial charge in [0.15, 0.2) is 0 Å². The third kappa shape index (κ3) is 5.23. The largest absolute Gasteiger partial charge is 0.318 e. The lowest BCUT2D eigenvalue weighted by Crippen LogP contribution is -1.99. The quantitative estimate of drug-likeness (QED) is 0.165. The lowest BCUT2D eigenvalue weighted by molar-refractivity contribution is -0.384. The number of aromatic nitrogens is 1. The molecule has 0 fully saturated rings. The van der Waals surface area contributed by atoms with Gasteiger partial charge in [0.05, 0.1) is 10.6 Å². The first-order valence-corrected chi connectivity index (χ1v) is 11.6. The van der Waals surface area contributed by atoms with E-state index >= 15 is 0 Å². The van der Waals surface area contributed by atoms with Crippen molar-refractivity contribution < 1.29 is 4.92 Å². The lowest BCUT2D eigenvalue weighted by atomic mass is 10.1. The molecule has 0 saturated carbocycles. The minimum Gasteiger partial charge on any atom is -0.318 e. The van der Waals surface area contributed by atoms with Crippen LogP contribution in [0.5, 0.6) is 0 Å². The molecule has 1 aromatic heterocycles. The molecule has 0 saturated heterocycles. The maximum Gasteiger partial charge on any atom is 0.269 e. The van der Waals surface area contributed by atoms with Gasteiger partial charge in [0, 0.05) is 50.8 Å². The van der Waals surface area contributed by atoms with Crippen LogP contribution in [0.1, 0.15) is 29.4 Å². The van der Waals surface area contributed by atoms with Gasteiger partial charge in [-0.15, -0.1) is 0 Å².